The molecule has 4 nitrogen and oxygen atoms in total. The maximum atomic E-state index is 11.3. The lowest BCUT2D eigenvalue weighted by atomic mass is 9.89. The van der Waals surface area contributed by atoms with Gasteiger partial charge in [0.05, 0.1) is 4.91 Å². The summed E-state index contributed by atoms with van der Waals surface area (Å²) >= 11 is 6.06. The van der Waals surface area contributed by atoms with Gasteiger partial charge in [-0.25, -0.2) is 0 Å². The second-order valence-electron chi connectivity index (χ2n) is 4.13. The van der Waals surface area contributed by atoms with Crippen molar-refractivity contribution < 1.29 is 9.59 Å². The fourth-order valence-electron chi connectivity index (χ4n) is 1.71. The zero-order valence-electron chi connectivity index (χ0n) is 10.8. The van der Waals surface area contributed by atoms with Gasteiger partial charge in [0.15, 0.2) is 12.6 Å². The van der Waals surface area contributed by atoms with E-state index in [9.17, 15) is 9.59 Å². The van der Waals surface area contributed by atoms with E-state index in [2.05, 4.69) is 5.32 Å². The topological polar surface area (TPSA) is 72.2 Å². The Hall–Kier alpha value is -1.40. The van der Waals surface area contributed by atoms with Crippen LogP contribution in [0.1, 0.15) is 13.3 Å². The number of carbonyl (C=O) groups is 2. The van der Waals surface area contributed by atoms with Gasteiger partial charge in [0, 0.05) is 18.3 Å². The highest BCUT2D eigenvalue weighted by atomic mass is 32.2. The van der Waals surface area contributed by atoms with Gasteiger partial charge >= 0.3 is 0 Å². The van der Waals surface area contributed by atoms with E-state index >= 15 is 0 Å². The fraction of sp³-hybridized carbons (Fsp3) is 0.308. The van der Waals surface area contributed by atoms with Crippen LogP contribution in [0.15, 0.2) is 33.9 Å². The first-order chi connectivity index (χ1) is 9.03. The SMILES string of the molecule is CNC(=S)S/C(C=O)=C(\C=O)C1=C(N)C=CC(C)C1. The Kier molecular flexibility index (Phi) is 5.98. The van der Waals surface area contributed by atoms with Crippen molar-refractivity contribution >= 4 is 40.9 Å². The molecule has 1 rings (SSSR count). The van der Waals surface area contributed by atoms with Gasteiger partial charge < -0.3 is 11.1 Å². The Labute approximate surface area is 122 Å². The normalized spacial score (nSPS) is 19.8. The molecular formula is C13H16N2O2S2. The first kappa shape index (κ1) is 15.7. The third-order valence-corrected chi connectivity index (χ3v) is 4.08. The Morgan fingerprint density at radius 3 is 2.74 bits per heavy atom. The summed E-state index contributed by atoms with van der Waals surface area (Å²) in [6.07, 6.45) is 5.70. The van der Waals surface area contributed by atoms with Crippen molar-refractivity contribution in [1.82, 2.24) is 5.32 Å². The zero-order valence-corrected chi connectivity index (χ0v) is 12.4. The van der Waals surface area contributed by atoms with Crippen molar-refractivity contribution in [3.05, 3.63) is 33.9 Å². The molecule has 0 spiro atoms. The van der Waals surface area contributed by atoms with Crippen LogP contribution in [-0.2, 0) is 9.59 Å². The molecule has 3 N–H and O–H groups in total. The van der Waals surface area contributed by atoms with Crippen molar-refractivity contribution in [2.24, 2.45) is 11.7 Å². The molecular weight excluding hydrogens is 280 g/mol. The molecule has 0 fully saturated rings. The van der Waals surface area contributed by atoms with Gasteiger partial charge in [-0.1, -0.05) is 37.0 Å². The summed E-state index contributed by atoms with van der Waals surface area (Å²) in [5.41, 5.74) is 7.46. The van der Waals surface area contributed by atoms with Gasteiger partial charge in [0.2, 0.25) is 0 Å². The van der Waals surface area contributed by atoms with E-state index in [4.69, 9.17) is 18.0 Å². The summed E-state index contributed by atoms with van der Waals surface area (Å²) in [5, 5.41) is 2.76. The Balaban J connectivity index is 3.22. The number of nitrogens with one attached hydrogen (secondary N) is 1. The van der Waals surface area contributed by atoms with Gasteiger partial charge in [-0.15, -0.1) is 0 Å². The van der Waals surface area contributed by atoms with Crippen molar-refractivity contribution in [1.29, 1.82) is 0 Å². The number of rotatable bonds is 4. The lowest BCUT2D eigenvalue weighted by Crippen LogP contribution is -2.15. The predicted octanol–water partition coefficient (Wildman–Crippen LogP) is 1.68. The zero-order chi connectivity index (χ0) is 14.4. The summed E-state index contributed by atoms with van der Waals surface area (Å²) < 4.78 is 0.431. The molecule has 1 aliphatic carbocycles. The number of hydrogen-bond acceptors (Lipinski definition) is 5. The number of thiocarbonyl (C=S) groups is 1. The summed E-state index contributed by atoms with van der Waals surface area (Å²) in [7, 11) is 1.66. The van der Waals surface area contributed by atoms with Crippen LogP contribution in [0.5, 0.6) is 0 Å². The fourth-order valence-corrected chi connectivity index (χ4v) is 2.61. The second-order valence-corrected chi connectivity index (χ2v) is 5.85. The molecule has 1 unspecified atom stereocenters. The van der Waals surface area contributed by atoms with Gasteiger partial charge in [0.1, 0.15) is 4.32 Å². The van der Waals surface area contributed by atoms with Crippen LogP contribution in [0.2, 0.25) is 0 Å². The van der Waals surface area contributed by atoms with E-state index in [-0.39, 0.29) is 10.8 Å². The van der Waals surface area contributed by atoms with Gasteiger partial charge in [0.25, 0.3) is 0 Å². The Morgan fingerprint density at radius 2 is 2.21 bits per heavy atom. The molecule has 0 heterocycles. The van der Waals surface area contributed by atoms with E-state index in [1.165, 1.54) is 0 Å². The molecule has 0 aromatic rings. The van der Waals surface area contributed by atoms with E-state index in [0.717, 1.165) is 11.8 Å². The van der Waals surface area contributed by atoms with E-state index in [1.807, 2.05) is 13.0 Å². The molecule has 19 heavy (non-hydrogen) atoms. The monoisotopic (exact) mass is 296 g/mol. The molecule has 0 radical (unpaired) electrons. The molecule has 0 amide bonds. The molecule has 1 atom stereocenters. The maximum Gasteiger partial charge on any atom is 0.157 e. The van der Waals surface area contributed by atoms with Gasteiger partial charge in [-0.2, -0.15) is 0 Å². The quantitative estimate of drug-likeness (QED) is 0.467. The maximum absolute atomic E-state index is 11.3. The Morgan fingerprint density at radius 1 is 1.53 bits per heavy atom. The summed E-state index contributed by atoms with van der Waals surface area (Å²) in [4.78, 5) is 22.8. The molecule has 1 aliphatic rings. The highest BCUT2D eigenvalue weighted by Gasteiger charge is 2.19. The van der Waals surface area contributed by atoms with Crippen LogP contribution in [0.25, 0.3) is 0 Å². The lowest BCUT2D eigenvalue weighted by molar-refractivity contribution is -0.106. The van der Waals surface area contributed by atoms with Gasteiger partial charge in [-0.3, -0.25) is 9.59 Å². The van der Waals surface area contributed by atoms with Crippen molar-refractivity contribution in [2.75, 3.05) is 7.05 Å². The molecule has 102 valence electrons. The minimum Gasteiger partial charge on any atom is -0.398 e. The summed E-state index contributed by atoms with van der Waals surface area (Å²) in [6.45, 7) is 2.03. The number of thioether (sulfide) groups is 1. The Bertz CT molecular complexity index is 493. The molecule has 0 saturated heterocycles. The largest absolute Gasteiger partial charge is 0.398 e. The number of aldehydes is 2. The third kappa shape index (κ3) is 4.04. The van der Waals surface area contributed by atoms with Crippen molar-refractivity contribution in [3.63, 3.8) is 0 Å². The summed E-state index contributed by atoms with van der Waals surface area (Å²) in [6, 6.07) is 0. The summed E-state index contributed by atoms with van der Waals surface area (Å²) in [5.74, 6) is 0.284. The minimum atomic E-state index is 0.284. The van der Waals surface area contributed by atoms with Crippen molar-refractivity contribution in [2.45, 2.75) is 13.3 Å². The molecule has 0 aromatic heterocycles. The molecule has 0 aliphatic heterocycles. The number of hydrogen-bond donors (Lipinski definition) is 2. The first-order valence-corrected chi connectivity index (χ1v) is 6.97. The van der Waals surface area contributed by atoms with Gasteiger partial charge in [-0.05, 0) is 24.0 Å². The first-order valence-electron chi connectivity index (χ1n) is 5.74. The molecule has 0 aromatic carbocycles. The average Bonchev–Trinajstić information content (AvgIpc) is 2.41. The van der Waals surface area contributed by atoms with Crippen molar-refractivity contribution in [3.8, 4) is 0 Å². The highest BCUT2D eigenvalue weighted by molar-refractivity contribution is 8.26. The highest BCUT2D eigenvalue weighted by Crippen LogP contribution is 2.30. The standard InChI is InChI=1S/C13H16N2O2S2/c1-8-3-4-11(14)9(5-8)10(6-16)12(7-17)19-13(18)15-2/h3-4,6-8H,5,14H2,1-2H3,(H,15,18)/b12-10+. The molecule has 0 bridgehead atoms. The number of allylic oxidation sites excluding steroid dienone is 5. The minimum absolute atomic E-state index is 0.284. The molecule has 0 saturated carbocycles. The predicted molar refractivity (Wildman–Crippen MR) is 82.5 cm³/mol. The van der Waals surface area contributed by atoms with E-state index < -0.39 is 0 Å². The lowest BCUT2D eigenvalue weighted by Gasteiger charge is -2.19. The van der Waals surface area contributed by atoms with Crippen LogP contribution in [-0.4, -0.2) is 23.9 Å². The third-order valence-electron chi connectivity index (χ3n) is 2.70. The second kappa shape index (κ2) is 7.25. The number of nitrogens with two attached hydrogens (primary N) is 1. The molecule has 6 heteroatoms. The van der Waals surface area contributed by atoms with Crippen LogP contribution >= 0.6 is 24.0 Å². The number of carbonyl (C=O) groups excluding carboxylic acids is 2. The van der Waals surface area contributed by atoms with E-state index in [1.54, 1.807) is 13.1 Å². The van der Waals surface area contributed by atoms with E-state index in [0.29, 0.717) is 40.2 Å². The average molecular weight is 296 g/mol. The van der Waals surface area contributed by atoms with Crippen LogP contribution in [0.3, 0.4) is 0 Å². The van der Waals surface area contributed by atoms with Crippen LogP contribution < -0.4 is 11.1 Å². The van der Waals surface area contributed by atoms with Crippen LogP contribution in [0, 0.1) is 5.92 Å². The van der Waals surface area contributed by atoms with Crippen LogP contribution in [0.4, 0.5) is 0 Å². The smallest absolute Gasteiger partial charge is 0.157 e.